The molecule has 0 saturated heterocycles. The van der Waals surface area contributed by atoms with E-state index in [1.54, 1.807) is 12.1 Å². The molecule has 3 nitrogen and oxygen atoms in total. The highest BCUT2D eigenvalue weighted by molar-refractivity contribution is 5.34. The van der Waals surface area contributed by atoms with E-state index < -0.39 is 0 Å². The van der Waals surface area contributed by atoms with Crippen molar-refractivity contribution in [2.45, 2.75) is 26.2 Å². The molecule has 0 N–H and O–H groups in total. The van der Waals surface area contributed by atoms with E-state index in [4.69, 9.17) is 10.00 Å². The van der Waals surface area contributed by atoms with E-state index in [1.165, 1.54) is 12.8 Å². The SMILES string of the molecule is CCCCN(C)CCCOc1ccc(C#N)cc1. The molecule has 3 heteroatoms. The van der Waals surface area contributed by atoms with Gasteiger partial charge in [0.2, 0.25) is 0 Å². The van der Waals surface area contributed by atoms with E-state index in [-0.39, 0.29) is 0 Å². The van der Waals surface area contributed by atoms with E-state index in [2.05, 4.69) is 24.9 Å². The predicted octanol–water partition coefficient (Wildman–Crippen LogP) is 3.06. The molecule has 0 aromatic heterocycles. The van der Waals surface area contributed by atoms with Crippen molar-refractivity contribution < 1.29 is 4.74 Å². The van der Waals surface area contributed by atoms with Gasteiger partial charge in [0.05, 0.1) is 18.2 Å². The minimum absolute atomic E-state index is 0.668. The topological polar surface area (TPSA) is 36.3 Å². The third-order valence-corrected chi connectivity index (χ3v) is 2.83. The van der Waals surface area contributed by atoms with Gasteiger partial charge in [-0.2, -0.15) is 5.26 Å². The van der Waals surface area contributed by atoms with Crippen LogP contribution in [0.5, 0.6) is 5.75 Å². The van der Waals surface area contributed by atoms with Gasteiger partial charge in [-0.15, -0.1) is 0 Å². The first-order chi connectivity index (χ1) is 8.76. The Morgan fingerprint density at radius 1 is 1.17 bits per heavy atom. The maximum absolute atomic E-state index is 8.68. The predicted molar refractivity (Wildman–Crippen MR) is 73.7 cm³/mol. The Kier molecular flexibility index (Phi) is 6.90. The van der Waals surface area contributed by atoms with Crippen molar-refractivity contribution in [1.82, 2.24) is 4.90 Å². The highest BCUT2D eigenvalue weighted by Gasteiger charge is 1.98. The van der Waals surface area contributed by atoms with Gasteiger partial charge in [-0.25, -0.2) is 0 Å². The Morgan fingerprint density at radius 2 is 1.83 bits per heavy atom. The van der Waals surface area contributed by atoms with Crippen LogP contribution in [0.25, 0.3) is 0 Å². The zero-order valence-electron chi connectivity index (χ0n) is 11.4. The summed E-state index contributed by atoms with van der Waals surface area (Å²) in [5.41, 5.74) is 0.668. The number of nitrogens with zero attached hydrogens (tertiary/aromatic N) is 2. The van der Waals surface area contributed by atoms with Gasteiger partial charge in [0.25, 0.3) is 0 Å². The zero-order valence-corrected chi connectivity index (χ0v) is 11.4. The lowest BCUT2D eigenvalue weighted by Crippen LogP contribution is -2.22. The summed E-state index contributed by atoms with van der Waals surface area (Å²) in [4.78, 5) is 2.34. The molecule has 0 atom stereocenters. The van der Waals surface area contributed by atoms with Gasteiger partial charge >= 0.3 is 0 Å². The highest BCUT2D eigenvalue weighted by Crippen LogP contribution is 2.11. The molecule has 0 aliphatic rings. The summed E-state index contributed by atoms with van der Waals surface area (Å²) in [5.74, 6) is 0.838. The molecule has 0 spiro atoms. The fourth-order valence-corrected chi connectivity index (χ4v) is 1.69. The monoisotopic (exact) mass is 246 g/mol. The Morgan fingerprint density at radius 3 is 2.44 bits per heavy atom. The van der Waals surface area contributed by atoms with Crippen LogP contribution < -0.4 is 4.74 Å². The van der Waals surface area contributed by atoms with Gasteiger partial charge in [-0.3, -0.25) is 0 Å². The van der Waals surface area contributed by atoms with Crippen molar-refractivity contribution in [2.75, 3.05) is 26.7 Å². The number of ether oxygens (including phenoxy) is 1. The standard InChI is InChI=1S/C15H22N2O/c1-3-4-10-17(2)11-5-12-18-15-8-6-14(13-16)7-9-15/h6-9H,3-5,10-12H2,1-2H3. The molecule has 0 heterocycles. The molecule has 0 fully saturated rings. The molecule has 1 rings (SSSR count). The van der Waals surface area contributed by atoms with Gasteiger partial charge < -0.3 is 9.64 Å². The quantitative estimate of drug-likeness (QED) is 0.661. The number of unbranched alkanes of at least 4 members (excludes halogenated alkanes) is 1. The molecule has 1 aromatic carbocycles. The number of benzene rings is 1. The van der Waals surface area contributed by atoms with Crippen molar-refractivity contribution in [2.24, 2.45) is 0 Å². The van der Waals surface area contributed by atoms with Crippen molar-refractivity contribution >= 4 is 0 Å². The minimum Gasteiger partial charge on any atom is -0.494 e. The van der Waals surface area contributed by atoms with Crippen LogP contribution in [0.3, 0.4) is 0 Å². The first-order valence-corrected chi connectivity index (χ1v) is 6.57. The van der Waals surface area contributed by atoms with Crippen LogP contribution in [0, 0.1) is 11.3 Å². The maximum Gasteiger partial charge on any atom is 0.119 e. The summed E-state index contributed by atoms with van der Waals surface area (Å²) in [6.07, 6.45) is 3.53. The molecule has 0 radical (unpaired) electrons. The molecule has 0 saturated carbocycles. The van der Waals surface area contributed by atoms with Crippen LogP contribution in [0.1, 0.15) is 31.7 Å². The average molecular weight is 246 g/mol. The normalized spacial score (nSPS) is 10.3. The van der Waals surface area contributed by atoms with Crippen molar-refractivity contribution in [1.29, 1.82) is 5.26 Å². The van der Waals surface area contributed by atoms with Crippen LogP contribution in [-0.4, -0.2) is 31.6 Å². The van der Waals surface area contributed by atoms with E-state index in [0.29, 0.717) is 5.56 Å². The molecule has 0 aliphatic heterocycles. The summed E-state index contributed by atoms with van der Waals surface area (Å²) in [7, 11) is 2.15. The van der Waals surface area contributed by atoms with Gasteiger partial charge in [-0.1, -0.05) is 13.3 Å². The van der Waals surface area contributed by atoms with Crippen molar-refractivity contribution in [3.8, 4) is 11.8 Å². The van der Waals surface area contributed by atoms with Gasteiger partial charge in [0, 0.05) is 6.54 Å². The van der Waals surface area contributed by atoms with E-state index in [0.717, 1.165) is 31.9 Å². The smallest absolute Gasteiger partial charge is 0.119 e. The molecule has 1 aromatic rings. The third-order valence-electron chi connectivity index (χ3n) is 2.83. The first-order valence-electron chi connectivity index (χ1n) is 6.57. The van der Waals surface area contributed by atoms with Crippen LogP contribution in [0.15, 0.2) is 24.3 Å². The molecule has 98 valence electrons. The summed E-state index contributed by atoms with van der Waals surface area (Å²) in [6.45, 7) is 5.16. The average Bonchev–Trinajstić information content (AvgIpc) is 2.42. The highest BCUT2D eigenvalue weighted by atomic mass is 16.5. The van der Waals surface area contributed by atoms with Crippen LogP contribution in [0.4, 0.5) is 0 Å². The molecule has 0 amide bonds. The number of hydrogen-bond donors (Lipinski definition) is 0. The minimum atomic E-state index is 0.668. The Labute approximate surface area is 110 Å². The molecule has 0 unspecified atom stereocenters. The third kappa shape index (κ3) is 5.70. The summed E-state index contributed by atoms with van der Waals surface area (Å²) < 4.78 is 5.62. The number of nitriles is 1. The van der Waals surface area contributed by atoms with E-state index in [9.17, 15) is 0 Å². The fraction of sp³-hybridized carbons (Fsp3) is 0.533. The van der Waals surface area contributed by atoms with Crippen LogP contribution >= 0.6 is 0 Å². The fourth-order valence-electron chi connectivity index (χ4n) is 1.69. The number of hydrogen-bond acceptors (Lipinski definition) is 3. The van der Waals surface area contributed by atoms with Gasteiger partial charge in [-0.05, 0) is 50.7 Å². The molecule has 0 bridgehead atoms. The molecular weight excluding hydrogens is 224 g/mol. The lowest BCUT2D eigenvalue weighted by molar-refractivity contribution is 0.261. The zero-order chi connectivity index (χ0) is 13.2. The Bertz CT molecular complexity index is 367. The second-order valence-corrected chi connectivity index (χ2v) is 4.50. The second kappa shape index (κ2) is 8.54. The summed E-state index contributed by atoms with van der Waals surface area (Å²) in [5, 5.41) is 8.68. The van der Waals surface area contributed by atoms with Crippen molar-refractivity contribution in [3.05, 3.63) is 29.8 Å². The lowest BCUT2D eigenvalue weighted by atomic mass is 10.2. The lowest BCUT2D eigenvalue weighted by Gasteiger charge is -2.16. The largest absolute Gasteiger partial charge is 0.494 e. The Balaban J connectivity index is 2.15. The van der Waals surface area contributed by atoms with Crippen molar-refractivity contribution in [3.63, 3.8) is 0 Å². The van der Waals surface area contributed by atoms with Crippen LogP contribution in [-0.2, 0) is 0 Å². The second-order valence-electron chi connectivity index (χ2n) is 4.50. The number of rotatable bonds is 8. The van der Waals surface area contributed by atoms with Gasteiger partial charge in [0.15, 0.2) is 0 Å². The summed E-state index contributed by atoms with van der Waals surface area (Å²) in [6, 6.07) is 9.35. The van der Waals surface area contributed by atoms with Gasteiger partial charge in [0.1, 0.15) is 5.75 Å². The van der Waals surface area contributed by atoms with Crippen LogP contribution in [0.2, 0.25) is 0 Å². The van der Waals surface area contributed by atoms with E-state index in [1.807, 2.05) is 12.1 Å². The molecule has 0 aliphatic carbocycles. The Hall–Kier alpha value is -1.53. The van der Waals surface area contributed by atoms with E-state index >= 15 is 0 Å². The first kappa shape index (κ1) is 14.5. The summed E-state index contributed by atoms with van der Waals surface area (Å²) >= 11 is 0. The molecular formula is C15H22N2O. The molecule has 18 heavy (non-hydrogen) atoms. The maximum atomic E-state index is 8.68.